The van der Waals surface area contributed by atoms with Gasteiger partial charge in [-0.3, -0.25) is 4.90 Å². The van der Waals surface area contributed by atoms with Crippen molar-refractivity contribution in [2.24, 2.45) is 5.92 Å². The number of methoxy groups -OCH3 is 1. The van der Waals surface area contributed by atoms with Crippen LogP contribution in [0.4, 0.5) is 4.79 Å². The Morgan fingerprint density at radius 3 is 2.82 bits per heavy atom. The molecule has 1 fully saturated rings. The van der Waals surface area contributed by atoms with Crippen molar-refractivity contribution in [3.8, 4) is 5.75 Å². The lowest BCUT2D eigenvalue weighted by Crippen LogP contribution is -2.49. The Morgan fingerprint density at radius 2 is 2.11 bits per heavy atom. The zero-order valence-corrected chi connectivity index (χ0v) is 16.8. The SMILES string of the molecule is CCOC(=O)C1=C(CN2CCC[C@H](C)C2)NC(=O)N[C@@H]1c1ccccc1OC. The summed E-state index contributed by atoms with van der Waals surface area (Å²) in [6.07, 6.45) is 2.32. The molecule has 2 heterocycles. The van der Waals surface area contributed by atoms with Crippen molar-refractivity contribution < 1.29 is 19.1 Å². The summed E-state index contributed by atoms with van der Waals surface area (Å²) in [4.78, 5) is 27.6. The topological polar surface area (TPSA) is 79.9 Å². The number of hydrogen-bond acceptors (Lipinski definition) is 5. The van der Waals surface area contributed by atoms with Crippen LogP contribution >= 0.6 is 0 Å². The third-order valence-corrected chi connectivity index (χ3v) is 5.22. The van der Waals surface area contributed by atoms with Crippen molar-refractivity contribution in [1.29, 1.82) is 0 Å². The minimum atomic E-state index is -0.624. The third kappa shape index (κ3) is 4.47. The van der Waals surface area contributed by atoms with E-state index in [2.05, 4.69) is 22.5 Å². The first-order chi connectivity index (χ1) is 13.5. The normalized spacial score (nSPS) is 23.0. The molecule has 152 valence electrons. The highest BCUT2D eigenvalue weighted by Gasteiger charge is 2.36. The van der Waals surface area contributed by atoms with E-state index in [1.807, 2.05) is 24.3 Å². The van der Waals surface area contributed by atoms with E-state index in [1.54, 1.807) is 14.0 Å². The molecule has 2 aliphatic rings. The van der Waals surface area contributed by atoms with E-state index < -0.39 is 12.0 Å². The molecule has 0 saturated carbocycles. The number of rotatable bonds is 6. The summed E-state index contributed by atoms with van der Waals surface area (Å²) in [6.45, 7) is 6.68. The minimum absolute atomic E-state index is 0.267. The Balaban J connectivity index is 2.01. The second kappa shape index (κ2) is 9.10. The zero-order chi connectivity index (χ0) is 20.1. The van der Waals surface area contributed by atoms with Gasteiger partial charge in [0.05, 0.1) is 25.3 Å². The molecule has 28 heavy (non-hydrogen) atoms. The molecular weight excluding hydrogens is 358 g/mol. The molecule has 1 aromatic carbocycles. The minimum Gasteiger partial charge on any atom is -0.496 e. The fourth-order valence-corrected chi connectivity index (χ4v) is 3.98. The molecule has 2 N–H and O–H groups in total. The predicted octanol–water partition coefficient (Wildman–Crippen LogP) is 2.60. The number of hydrogen-bond donors (Lipinski definition) is 2. The number of esters is 1. The van der Waals surface area contributed by atoms with Gasteiger partial charge in [-0.1, -0.05) is 25.1 Å². The zero-order valence-electron chi connectivity index (χ0n) is 16.8. The van der Waals surface area contributed by atoms with Gasteiger partial charge in [0, 0.05) is 24.4 Å². The number of carbonyl (C=O) groups excluding carboxylic acids is 2. The Morgan fingerprint density at radius 1 is 1.32 bits per heavy atom. The fourth-order valence-electron chi connectivity index (χ4n) is 3.98. The van der Waals surface area contributed by atoms with Crippen molar-refractivity contribution in [2.75, 3.05) is 33.4 Å². The van der Waals surface area contributed by atoms with Gasteiger partial charge in [-0.25, -0.2) is 9.59 Å². The Labute approximate surface area is 166 Å². The summed E-state index contributed by atoms with van der Waals surface area (Å²) in [5.41, 5.74) is 1.77. The maximum Gasteiger partial charge on any atom is 0.338 e. The number of amides is 2. The standard InChI is InChI=1S/C21H29N3O4/c1-4-28-20(25)18-16(13-24-11-7-8-14(2)12-24)22-21(26)23-19(18)15-9-5-6-10-17(15)27-3/h5-6,9-10,14,19H,4,7-8,11-13H2,1-3H3,(H2,22,23,26)/t14-,19+/m0/s1. The number of nitrogens with zero attached hydrogens (tertiary/aromatic N) is 1. The van der Waals surface area contributed by atoms with Gasteiger partial charge in [-0.15, -0.1) is 0 Å². The van der Waals surface area contributed by atoms with Gasteiger partial charge < -0.3 is 20.1 Å². The monoisotopic (exact) mass is 387 g/mol. The molecule has 0 aromatic heterocycles. The number of benzene rings is 1. The van der Waals surface area contributed by atoms with Crippen LogP contribution in [0.2, 0.25) is 0 Å². The summed E-state index contributed by atoms with van der Waals surface area (Å²) in [5, 5.41) is 5.72. The van der Waals surface area contributed by atoms with Crippen LogP contribution in [0.5, 0.6) is 5.75 Å². The lowest BCUT2D eigenvalue weighted by Gasteiger charge is -2.35. The molecule has 0 spiro atoms. The maximum absolute atomic E-state index is 12.9. The average molecular weight is 387 g/mol. The van der Waals surface area contributed by atoms with E-state index >= 15 is 0 Å². The number of urea groups is 1. The van der Waals surface area contributed by atoms with Crippen molar-refractivity contribution >= 4 is 12.0 Å². The molecule has 2 amide bonds. The molecule has 2 atom stereocenters. The Hall–Kier alpha value is -2.54. The first kappa shape index (κ1) is 20.2. The Bertz CT molecular complexity index is 762. The lowest BCUT2D eigenvalue weighted by atomic mass is 9.93. The summed E-state index contributed by atoms with van der Waals surface area (Å²) in [6, 6.07) is 6.44. The van der Waals surface area contributed by atoms with Crippen LogP contribution in [-0.2, 0) is 9.53 Å². The summed E-state index contributed by atoms with van der Waals surface area (Å²) in [7, 11) is 1.57. The molecular formula is C21H29N3O4. The first-order valence-corrected chi connectivity index (χ1v) is 9.86. The van der Waals surface area contributed by atoms with Crippen LogP contribution in [0.25, 0.3) is 0 Å². The van der Waals surface area contributed by atoms with Gasteiger partial charge in [-0.2, -0.15) is 0 Å². The molecule has 0 aliphatic carbocycles. The summed E-state index contributed by atoms with van der Waals surface area (Å²) >= 11 is 0. The van der Waals surface area contributed by atoms with Crippen molar-refractivity contribution in [2.45, 2.75) is 32.7 Å². The lowest BCUT2D eigenvalue weighted by molar-refractivity contribution is -0.139. The van der Waals surface area contributed by atoms with Gasteiger partial charge in [0.1, 0.15) is 5.75 Å². The van der Waals surface area contributed by atoms with E-state index in [0.29, 0.717) is 29.5 Å². The number of piperidine rings is 1. The highest BCUT2D eigenvalue weighted by atomic mass is 16.5. The van der Waals surface area contributed by atoms with Crippen LogP contribution in [0, 0.1) is 5.92 Å². The largest absolute Gasteiger partial charge is 0.496 e. The van der Waals surface area contributed by atoms with E-state index in [0.717, 1.165) is 25.1 Å². The number of likely N-dealkylation sites (tertiary alicyclic amines) is 1. The Kier molecular flexibility index (Phi) is 6.57. The number of nitrogens with one attached hydrogen (secondary N) is 2. The average Bonchev–Trinajstić information content (AvgIpc) is 2.67. The summed E-state index contributed by atoms with van der Waals surface area (Å²) in [5.74, 6) is 0.788. The fraction of sp³-hybridized carbons (Fsp3) is 0.524. The van der Waals surface area contributed by atoms with Crippen LogP contribution < -0.4 is 15.4 Å². The van der Waals surface area contributed by atoms with E-state index in [4.69, 9.17) is 9.47 Å². The molecule has 7 nitrogen and oxygen atoms in total. The third-order valence-electron chi connectivity index (χ3n) is 5.22. The molecule has 7 heteroatoms. The molecule has 0 unspecified atom stereocenters. The number of carbonyl (C=O) groups is 2. The highest BCUT2D eigenvalue weighted by Crippen LogP contribution is 2.34. The van der Waals surface area contributed by atoms with Crippen molar-refractivity contribution in [3.63, 3.8) is 0 Å². The highest BCUT2D eigenvalue weighted by molar-refractivity contribution is 5.95. The van der Waals surface area contributed by atoms with Crippen LogP contribution in [0.3, 0.4) is 0 Å². The van der Waals surface area contributed by atoms with Crippen molar-refractivity contribution in [1.82, 2.24) is 15.5 Å². The van der Waals surface area contributed by atoms with Gasteiger partial charge in [0.25, 0.3) is 0 Å². The molecule has 0 radical (unpaired) electrons. The second-order valence-electron chi connectivity index (χ2n) is 7.37. The van der Waals surface area contributed by atoms with Crippen LogP contribution in [-0.4, -0.2) is 50.3 Å². The molecule has 1 aromatic rings. The van der Waals surface area contributed by atoms with E-state index in [9.17, 15) is 9.59 Å². The smallest absolute Gasteiger partial charge is 0.338 e. The number of ether oxygens (including phenoxy) is 2. The van der Waals surface area contributed by atoms with Gasteiger partial charge in [0.15, 0.2) is 0 Å². The molecule has 3 rings (SSSR count). The molecule has 0 bridgehead atoms. The van der Waals surface area contributed by atoms with Crippen molar-refractivity contribution in [3.05, 3.63) is 41.1 Å². The second-order valence-corrected chi connectivity index (χ2v) is 7.37. The maximum atomic E-state index is 12.9. The first-order valence-electron chi connectivity index (χ1n) is 9.86. The predicted molar refractivity (Wildman–Crippen MR) is 106 cm³/mol. The number of para-hydroxylation sites is 1. The summed E-state index contributed by atoms with van der Waals surface area (Å²) < 4.78 is 10.8. The van der Waals surface area contributed by atoms with E-state index in [1.165, 1.54) is 6.42 Å². The van der Waals surface area contributed by atoms with E-state index in [-0.39, 0.29) is 12.6 Å². The van der Waals surface area contributed by atoms with Gasteiger partial charge >= 0.3 is 12.0 Å². The molecule has 2 aliphatic heterocycles. The quantitative estimate of drug-likeness (QED) is 0.734. The molecule has 1 saturated heterocycles. The van der Waals surface area contributed by atoms with Crippen LogP contribution in [0.15, 0.2) is 35.5 Å². The van der Waals surface area contributed by atoms with Gasteiger partial charge in [0.2, 0.25) is 0 Å². The van der Waals surface area contributed by atoms with Gasteiger partial charge in [-0.05, 0) is 38.3 Å². The van der Waals surface area contributed by atoms with Crippen LogP contribution in [0.1, 0.15) is 38.3 Å².